The molecule has 0 atom stereocenters. The Morgan fingerprint density at radius 2 is 1.89 bits per heavy atom. The van der Waals surface area contributed by atoms with E-state index in [1.54, 1.807) is 13.0 Å². The fourth-order valence-corrected chi connectivity index (χ4v) is 2.08. The van der Waals surface area contributed by atoms with Gasteiger partial charge in [0.2, 0.25) is 5.91 Å². The number of ether oxygens (including phenoxy) is 1. The lowest BCUT2D eigenvalue weighted by atomic mass is 10.3. The standard InChI is InChI=1S/C14H24N2O3/c1-4-19-14(18)11-15-6-5-7-16(9-8-15)13(17)10-12(2)3/h10H,4-9,11H2,1-3H3. The SMILES string of the molecule is CCOC(=O)CN1CCCN(C(=O)C=C(C)C)CC1. The summed E-state index contributed by atoms with van der Waals surface area (Å²) in [4.78, 5) is 27.3. The van der Waals surface area contributed by atoms with Gasteiger partial charge in [0.25, 0.3) is 0 Å². The molecule has 1 saturated heterocycles. The highest BCUT2D eigenvalue weighted by Crippen LogP contribution is 2.05. The van der Waals surface area contributed by atoms with Crippen LogP contribution >= 0.6 is 0 Å². The maximum absolute atomic E-state index is 11.9. The Hall–Kier alpha value is -1.36. The first kappa shape index (κ1) is 15.7. The highest BCUT2D eigenvalue weighted by atomic mass is 16.5. The number of esters is 1. The van der Waals surface area contributed by atoms with E-state index in [2.05, 4.69) is 0 Å². The van der Waals surface area contributed by atoms with Gasteiger partial charge in [0, 0.05) is 32.3 Å². The third-order valence-electron chi connectivity index (χ3n) is 2.97. The largest absolute Gasteiger partial charge is 0.465 e. The molecule has 1 aliphatic rings. The highest BCUT2D eigenvalue weighted by molar-refractivity contribution is 5.88. The first-order valence-corrected chi connectivity index (χ1v) is 6.84. The Kier molecular flexibility index (Phi) is 6.56. The average Bonchev–Trinajstić information content (AvgIpc) is 2.54. The van der Waals surface area contributed by atoms with E-state index in [0.29, 0.717) is 19.7 Å². The van der Waals surface area contributed by atoms with Crippen LogP contribution in [0.5, 0.6) is 0 Å². The second kappa shape index (κ2) is 7.94. The van der Waals surface area contributed by atoms with Gasteiger partial charge in [-0.25, -0.2) is 0 Å². The van der Waals surface area contributed by atoms with Crippen molar-refractivity contribution in [2.24, 2.45) is 0 Å². The van der Waals surface area contributed by atoms with Crippen LogP contribution in [0.1, 0.15) is 27.2 Å². The first-order valence-electron chi connectivity index (χ1n) is 6.84. The molecule has 1 rings (SSSR count). The van der Waals surface area contributed by atoms with Crippen molar-refractivity contribution in [3.63, 3.8) is 0 Å². The Morgan fingerprint density at radius 1 is 1.16 bits per heavy atom. The fraction of sp³-hybridized carbons (Fsp3) is 0.714. The molecule has 1 amide bonds. The summed E-state index contributed by atoms with van der Waals surface area (Å²) < 4.78 is 4.94. The summed E-state index contributed by atoms with van der Waals surface area (Å²) in [5.74, 6) is -0.121. The van der Waals surface area contributed by atoms with Gasteiger partial charge in [-0.15, -0.1) is 0 Å². The van der Waals surface area contributed by atoms with Gasteiger partial charge in [0.15, 0.2) is 0 Å². The number of hydrogen-bond acceptors (Lipinski definition) is 4. The predicted molar refractivity (Wildman–Crippen MR) is 73.7 cm³/mol. The number of allylic oxidation sites excluding steroid dienone is 1. The summed E-state index contributed by atoms with van der Waals surface area (Å²) in [5.41, 5.74) is 1.01. The summed E-state index contributed by atoms with van der Waals surface area (Å²) in [6, 6.07) is 0. The zero-order chi connectivity index (χ0) is 14.3. The van der Waals surface area contributed by atoms with E-state index < -0.39 is 0 Å². The average molecular weight is 268 g/mol. The summed E-state index contributed by atoms with van der Waals surface area (Å²) >= 11 is 0. The third-order valence-corrected chi connectivity index (χ3v) is 2.97. The summed E-state index contributed by atoms with van der Waals surface area (Å²) in [6.45, 7) is 9.35. The fourth-order valence-electron chi connectivity index (χ4n) is 2.08. The summed E-state index contributed by atoms with van der Waals surface area (Å²) in [5, 5.41) is 0. The zero-order valence-corrected chi connectivity index (χ0v) is 12.1. The van der Waals surface area contributed by atoms with Gasteiger partial charge in [-0.1, -0.05) is 5.57 Å². The van der Waals surface area contributed by atoms with E-state index in [1.165, 1.54) is 0 Å². The highest BCUT2D eigenvalue weighted by Gasteiger charge is 2.19. The molecule has 108 valence electrons. The van der Waals surface area contributed by atoms with Crippen molar-refractivity contribution in [3.05, 3.63) is 11.6 Å². The smallest absolute Gasteiger partial charge is 0.320 e. The van der Waals surface area contributed by atoms with Gasteiger partial charge in [-0.05, 0) is 27.2 Å². The van der Waals surface area contributed by atoms with Gasteiger partial charge in [-0.2, -0.15) is 0 Å². The minimum atomic E-state index is -0.188. The maximum Gasteiger partial charge on any atom is 0.320 e. The second-order valence-electron chi connectivity index (χ2n) is 4.98. The molecule has 0 unspecified atom stereocenters. The molecule has 19 heavy (non-hydrogen) atoms. The van der Waals surface area contributed by atoms with Crippen LogP contribution in [0.2, 0.25) is 0 Å². The summed E-state index contributed by atoms with van der Waals surface area (Å²) in [6.07, 6.45) is 2.56. The van der Waals surface area contributed by atoms with Gasteiger partial charge < -0.3 is 9.64 Å². The Morgan fingerprint density at radius 3 is 2.53 bits per heavy atom. The topological polar surface area (TPSA) is 49.9 Å². The van der Waals surface area contributed by atoms with Crippen molar-refractivity contribution in [2.45, 2.75) is 27.2 Å². The van der Waals surface area contributed by atoms with Crippen molar-refractivity contribution < 1.29 is 14.3 Å². The second-order valence-corrected chi connectivity index (χ2v) is 4.98. The van der Waals surface area contributed by atoms with Crippen molar-refractivity contribution in [2.75, 3.05) is 39.3 Å². The van der Waals surface area contributed by atoms with Gasteiger partial charge >= 0.3 is 5.97 Å². The Balaban J connectivity index is 2.45. The molecule has 0 N–H and O–H groups in total. The van der Waals surface area contributed by atoms with Crippen molar-refractivity contribution in [3.8, 4) is 0 Å². The van der Waals surface area contributed by atoms with Gasteiger partial charge in [0.1, 0.15) is 0 Å². The Labute approximate surface area is 115 Å². The maximum atomic E-state index is 11.9. The first-order chi connectivity index (χ1) is 9.02. The van der Waals surface area contributed by atoms with Crippen LogP contribution in [0, 0.1) is 0 Å². The van der Waals surface area contributed by atoms with Crippen LogP contribution in [-0.4, -0.2) is 61.0 Å². The van der Waals surface area contributed by atoms with Crippen LogP contribution in [-0.2, 0) is 14.3 Å². The lowest BCUT2D eigenvalue weighted by molar-refractivity contribution is -0.144. The van der Waals surface area contributed by atoms with Crippen LogP contribution in [0.15, 0.2) is 11.6 Å². The molecule has 0 aromatic heterocycles. The van der Waals surface area contributed by atoms with E-state index >= 15 is 0 Å². The lowest BCUT2D eigenvalue weighted by Crippen LogP contribution is -2.36. The zero-order valence-electron chi connectivity index (χ0n) is 12.1. The van der Waals surface area contributed by atoms with Crippen molar-refractivity contribution >= 4 is 11.9 Å². The predicted octanol–water partition coefficient (Wildman–Crippen LogP) is 1.05. The van der Waals surface area contributed by atoms with E-state index in [-0.39, 0.29) is 11.9 Å². The van der Waals surface area contributed by atoms with Crippen LogP contribution in [0.25, 0.3) is 0 Å². The molecule has 5 heteroatoms. The molecular formula is C14H24N2O3. The number of rotatable bonds is 4. The molecule has 0 radical (unpaired) electrons. The number of amides is 1. The lowest BCUT2D eigenvalue weighted by Gasteiger charge is -2.20. The number of hydrogen-bond donors (Lipinski definition) is 0. The molecule has 0 spiro atoms. The van der Waals surface area contributed by atoms with Gasteiger partial charge in [-0.3, -0.25) is 14.5 Å². The van der Waals surface area contributed by atoms with E-state index in [9.17, 15) is 9.59 Å². The molecule has 0 aromatic carbocycles. The Bertz CT molecular complexity index is 349. The number of carbonyl (C=O) groups is 2. The molecule has 0 saturated carbocycles. The molecule has 0 aliphatic carbocycles. The molecule has 0 aromatic rings. The van der Waals surface area contributed by atoms with E-state index in [4.69, 9.17) is 4.74 Å². The minimum Gasteiger partial charge on any atom is -0.465 e. The molecule has 0 bridgehead atoms. The minimum absolute atomic E-state index is 0.0676. The molecule has 1 fully saturated rings. The van der Waals surface area contributed by atoms with Crippen LogP contribution in [0.4, 0.5) is 0 Å². The van der Waals surface area contributed by atoms with Gasteiger partial charge in [0.05, 0.1) is 13.2 Å². The quantitative estimate of drug-likeness (QED) is 0.565. The monoisotopic (exact) mass is 268 g/mol. The summed E-state index contributed by atoms with van der Waals surface area (Å²) in [7, 11) is 0. The third kappa shape index (κ3) is 5.87. The normalized spacial score (nSPS) is 16.7. The van der Waals surface area contributed by atoms with Crippen molar-refractivity contribution in [1.29, 1.82) is 0 Å². The number of carbonyl (C=O) groups excluding carboxylic acids is 2. The van der Waals surface area contributed by atoms with E-state index in [1.807, 2.05) is 23.6 Å². The molecular weight excluding hydrogens is 244 g/mol. The van der Waals surface area contributed by atoms with E-state index in [0.717, 1.165) is 31.6 Å². The molecule has 1 aliphatic heterocycles. The molecule has 5 nitrogen and oxygen atoms in total. The van der Waals surface area contributed by atoms with Crippen molar-refractivity contribution in [1.82, 2.24) is 9.80 Å². The van der Waals surface area contributed by atoms with Crippen LogP contribution < -0.4 is 0 Å². The molecule has 1 heterocycles. The van der Waals surface area contributed by atoms with Crippen LogP contribution in [0.3, 0.4) is 0 Å². The number of nitrogens with zero attached hydrogens (tertiary/aromatic N) is 2.